The van der Waals surface area contributed by atoms with Gasteiger partial charge in [0.2, 0.25) is 11.8 Å². The molecule has 3 N–H and O–H groups in total. The predicted molar refractivity (Wildman–Crippen MR) is 133 cm³/mol. The number of carbonyl (C=O) groups is 2. The van der Waals surface area contributed by atoms with Crippen LogP contribution in [-0.4, -0.2) is 47.9 Å². The van der Waals surface area contributed by atoms with E-state index in [1.54, 1.807) is 18.3 Å². The molecule has 0 atom stereocenters. The molecule has 2 aromatic heterocycles. The van der Waals surface area contributed by atoms with Crippen molar-refractivity contribution in [1.82, 2.24) is 15.3 Å². The SMILES string of the molecule is CC(=O)N1CCN(c2ccc(CCc3csc(CCC(=O)NN)c3)nc2)CC1.Cl.Cl.Cl. The summed E-state index contributed by atoms with van der Waals surface area (Å²) in [6.45, 7) is 4.86. The van der Waals surface area contributed by atoms with E-state index in [9.17, 15) is 9.59 Å². The molecular weight excluding hydrogens is 481 g/mol. The lowest BCUT2D eigenvalue weighted by Gasteiger charge is -2.35. The monoisotopic (exact) mass is 509 g/mol. The number of hydrazine groups is 1. The Morgan fingerprint density at radius 3 is 2.39 bits per heavy atom. The van der Waals surface area contributed by atoms with Gasteiger partial charge < -0.3 is 9.80 Å². The number of pyridine rings is 1. The van der Waals surface area contributed by atoms with Crippen LogP contribution in [0, 0.1) is 0 Å². The Bertz CT molecular complexity index is 811. The van der Waals surface area contributed by atoms with Crippen molar-refractivity contribution in [3.63, 3.8) is 0 Å². The largest absolute Gasteiger partial charge is 0.367 e. The van der Waals surface area contributed by atoms with E-state index < -0.39 is 0 Å². The number of hydrogen-bond donors (Lipinski definition) is 2. The van der Waals surface area contributed by atoms with E-state index >= 15 is 0 Å². The van der Waals surface area contributed by atoms with Crippen LogP contribution in [0.1, 0.15) is 29.5 Å². The van der Waals surface area contributed by atoms with E-state index in [2.05, 4.69) is 38.9 Å². The summed E-state index contributed by atoms with van der Waals surface area (Å²) in [7, 11) is 0. The van der Waals surface area contributed by atoms with Crippen molar-refractivity contribution in [1.29, 1.82) is 0 Å². The van der Waals surface area contributed by atoms with Gasteiger partial charge in [0.25, 0.3) is 0 Å². The van der Waals surface area contributed by atoms with Crippen LogP contribution in [0.4, 0.5) is 5.69 Å². The number of carbonyl (C=O) groups excluding carboxylic acids is 2. The molecule has 0 spiro atoms. The standard InChI is InChI=1S/C20H27N5O2S.3ClH/c1-15(26)24-8-10-25(11-9-24)18-5-4-17(22-13-18)3-2-16-12-19(28-14-16)6-7-20(27)23-21;;;/h4-5,12-14H,2-3,6-11,21H2,1H3,(H,23,27);3*1H. The van der Waals surface area contributed by atoms with Crippen LogP contribution >= 0.6 is 48.6 Å². The Labute approximate surface area is 206 Å². The highest BCUT2D eigenvalue weighted by atomic mass is 35.5. The summed E-state index contributed by atoms with van der Waals surface area (Å²) in [5.74, 6) is 5.12. The fourth-order valence-corrected chi connectivity index (χ4v) is 4.23. The highest BCUT2D eigenvalue weighted by molar-refractivity contribution is 7.10. The van der Waals surface area contributed by atoms with Crippen molar-refractivity contribution in [2.45, 2.75) is 32.6 Å². The van der Waals surface area contributed by atoms with Gasteiger partial charge in [-0.25, -0.2) is 5.84 Å². The van der Waals surface area contributed by atoms with Gasteiger partial charge in [-0.3, -0.25) is 20.0 Å². The molecule has 0 unspecified atom stereocenters. The van der Waals surface area contributed by atoms with Crippen LogP contribution in [0.2, 0.25) is 0 Å². The summed E-state index contributed by atoms with van der Waals surface area (Å²) in [6, 6.07) is 6.37. The molecule has 1 aliphatic heterocycles. The van der Waals surface area contributed by atoms with Gasteiger partial charge in [0.1, 0.15) is 0 Å². The first-order chi connectivity index (χ1) is 13.5. The molecular formula is C20H30Cl3N5O2S. The average Bonchev–Trinajstić information content (AvgIpc) is 3.19. The molecule has 0 aliphatic carbocycles. The van der Waals surface area contributed by atoms with E-state index in [4.69, 9.17) is 5.84 Å². The second-order valence-corrected chi connectivity index (χ2v) is 7.99. The third-order valence-electron chi connectivity index (χ3n) is 5.04. The molecule has 1 saturated heterocycles. The lowest BCUT2D eigenvalue weighted by atomic mass is 10.1. The van der Waals surface area contributed by atoms with Gasteiger partial charge in [-0.05, 0) is 48.4 Å². The minimum Gasteiger partial charge on any atom is -0.367 e. The Kier molecular flexibility index (Phi) is 13.7. The molecule has 3 heterocycles. The van der Waals surface area contributed by atoms with Gasteiger partial charge in [0, 0.05) is 50.1 Å². The summed E-state index contributed by atoms with van der Waals surface area (Å²) >= 11 is 1.68. The number of anilines is 1. The Balaban J connectivity index is 0.00000300. The average molecular weight is 511 g/mol. The van der Waals surface area contributed by atoms with E-state index in [0.29, 0.717) is 6.42 Å². The van der Waals surface area contributed by atoms with Crippen molar-refractivity contribution in [2.24, 2.45) is 5.84 Å². The molecule has 0 saturated carbocycles. The molecule has 0 radical (unpaired) electrons. The molecule has 1 fully saturated rings. The number of nitrogens with one attached hydrogen (secondary N) is 1. The van der Waals surface area contributed by atoms with E-state index in [1.807, 2.05) is 11.1 Å². The number of piperazine rings is 1. The van der Waals surface area contributed by atoms with Crippen LogP contribution in [0.15, 0.2) is 29.8 Å². The zero-order valence-corrected chi connectivity index (χ0v) is 20.7. The molecule has 0 bridgehead atoms. The van der Waals surface area contributed by atoms with Crippen LogP contribution in [-0.2, 0) is 28.9 Å². The number of rotatable bonds is 7. The third-order valence-corrected chi connectivity index (χ3v) is 6.08. The molecule has 1 aliphatic rings. The minimum absolute atomic E-state index is 0. The molecule has 174 valence electrons. The number of amides is 2. The summed E-state index contributed by atoms with van der Waals surface area (Å²) in [6.07, 6.45) is 4.89. The number of hydrogen-bond acceptors (Lipinski definition) is 6. The third kappa shape index (κ3) is 8.82. The Morgan fingerprint density at radius 2 is 1.81 bits per heavy atom. The lowest BCUT2D eigenvalue weighted by Crippen LogP contribution is -2.48. The van der Waals surface area contributed by atoms with Crippen molar-refractivity contribution in [3.05, 3.63) is 45.9 Å². The molecule has 2 aromatic rings. The highest BCUT2D eigenvalue weighted by Crippen LogP contribution is 2.19. The van der Waals surface area contributed by atoms with Crippen molar-refractivity contribution in [3.8, 4) is 0 Å². The summed E-state index contributed by atoms with van der Waals surface area (Å²) in [4.78, 5) is 32.6. The first-order valence-electron chi connectivity index (χ1n) is 9.56. The number of thiophene rings is 1. The number of halogens is 3. The molecule has 31 heavy (non-hydrogen) atoms. The maximum Gasteiger partial charge on any atom is 0.234 e. The summed E-state index contributed by atoms with van der Waals surface area (Å²) < 4.78 is 0. The van der Waals surface area contributed by atoms with Crippen LogP contribution < -0.4 is 16.2 Å². The van der Waals surface area contributed by atoms with Crippen molar-refractivity contribution < 1.29 is 9.59 Å². The highest BCUT2D eigenvalue weighted by Gasteiger charge is 2.18. The quantitative estimate of drug-likeness (QED) is 0.339. The maximum absolute atomic E-state index is 11.4. The molecule has 0 aromatic carbocycles. The van der Waals surface area contributed by atoms with E-state index in [0.717, 1.165) is 56.8 Å². The Hall–Kier alpha value is -1.58. The zero-order chi connectivity index (χ0) is 19.9. The van der Waals surface area contributed by atoms with Gasteiger partial charge >= 0.3 is 0 Å². The fourth-order valence-electron chi connectivity index (χ4n) is 3.30. The smallest absolute Gasteiger partial charge is 0.234 e. The number of nitrogens with two attached hydrogens (primary N) is 1. The molecule has 7 nitrogen and oxygen atoms in total. The van der Waals surface area contributed by atoms with Gasteiger partial charge in [-0.1, -0.05) is 0 Å². The second kappa shape index (κ2) is 14.5. The zero-order valence-electron chi connectivity index (χ0n) is 17.4. The van der Waals surface area contributed by atoms with E-state index in [-0.39, 0.29) is 49.0 Å². The summed E-state index contributed by atoms with van der Waals surface area (Å²) in [5, 5.41) is 2.15. The van der Waals surface area contributed by atoms with Gasteiger partial charge in [-0.2, -0.15) is 0 Å². The number of nitrogens with zero attached hydrogens (tertiary/aromatic N) is 3. The van der Waals surface area contributed by atoms with Crippen molar-refractivity contribution in [2.75, 3.05) is 31.1 Å². The topological polar surface area (TPSA) is 91.6 Å². The first kappa shape index (κ1) is 29.4. The Morgan fingerprint density at radius 1 is 1.10 bits per heavy atom. The minimum atomic E-state index is -0.137. The predicted octanol–water partition coefficient (Wildman–Crippen LogP) is 2.78. The number of aromatic nitrogens is 1. The van der Waals surface area contributed by atoms with Crippen LogP contribution in [0.5, 0.6) is 0 Å². The van der Waals surface area contributed by atoms with Gasteiger partial charge in [0.05, 0.1) is 11.9 Å². The maximum atomic E-state index is 11.4. The normalized spacial score (nSPS) is 12.8. The first-order valence-corrected chi connectivity index (χ1v) is 10.4. The van der Waals surface area contributed by atoms with Crippen LogP contribution in [0.25, 0.3) is 0 Å². The van der Waals surface area contributed by atoms with Crippen molar-refractivity contribution >= 4 is 66.1 Å². The van der Waals surface area contributed by atoms with E-state index in [1.165, 1.54) is 10.4 Å². The van der Waals surface area contributed by atoms with Gasteiger partial charge in [0.15, 0.2) is 0 Å². The molecule has 11 heteroatoms. The second-order valence-electron chi connectivity index (χ2n) is 6.99. The lowest BCUT2D eigenvalue weighted by molar-refractivity contribution is -0.129. The van der Waals surface area contributed by atoms with Gasteiger partial charge in [-0.15, -0.1) is 48.6 Å². The molecule has 2 amide bonds. The number of aryl methyl sites for hydroxylation is 3. The molecule has 3 rings (SSSR count). The fraction of sp³-hybridized carbons (Fsp3) is 0.450. The van der Waals surface area contributed by atoms with Crippen LogP contribution in [0.3, 0.4) is 0 Å². The summed E-state index contributed by atoms with van der Waals surface area (Å²) in [5.41, 5.74) is 5.62.